The summed E-state index contributed by atoms with van der Waals surface area (Å²) in [4.78, 5) is 18.8. The Bertz CT molecular complexity index is 1000. The summed E-state index contributed by atoms with van der Waals surface area (Å²) < 4.78 is 10.9. The Kier molecular flexibility index (Phi) is 5.31. The standard InChI is InChI=1S/C20H19N3O4S/c1-13-18(7-14-5-3-2-4-6-14)22-20(21-13)28-11-16-9-17(23(24)25)8-15-10-26-12-27-19(15)16/h2-6,8-9H,7,10-12H2,1H3,(H,21,22). The number of H-pyrrole nitrogens is 1. The van der Waals surface area contributed by atoms with Gasteiger partial charge in [-0.25, -0.2) is 4.98 Å². The van der Waals surface area contributed by atoms with E-state index in [1.165, 1.54) is 23.4 Å². The van der Waals surface area contributed by atoms with Crippen molar-refractivity contribution in [2.75, 3.05) is 6.79 Å². The number of nitrogens with zero attached hydrogens (tertiary/aromatic N) is 2. The lowest BCUT2D eigenvalue weighted by Gasteiger charge is -2.20. The number of aromatic nitrogens is 2. The summed E-state index contributed by atoms with van der Waals surface area (Å²) in [6, 6.07) is 13.3. The van der Waals surface area contributed by atoms with Crippen molar-refractivity contribution in [1.82, 2.24) is 9.97 Å². The molecule has 7 nitrogen and oxygen atoms in total. The van der Waals surface area contributed by atoms with E-state index < -0.39 is 4.92 Å². The van der Waals surface area contributed by atoms with Crippen LogP contribution in [0.3, 0.4) is 0 Å². The van der Waals surface area contributed by atoms with Crippen molar-refractivity contribution in [3.8, 4) is 5.75 Å². The maximum absolute atomic E-state index is 11.2. The Morgan fingerprint density at radius 2 is 2.11 bits per heavy atom. The molecule has 4 rings (SSSR count). The average Bonchev–Trinajstić information content (AvgIpc) is 3.06. The van der Waals surface area contributed by atoms with Crippen LogP contribution in [0, 0.1) is 17.0 Å². The maximum Gasteiger partial charge on any atom is 0.270 e. The van der Waals surface area contributed by atoms with E-state index in [9.17, 15) is 10.1 Å². The molecular weight excluding hydrogens is 378 g/mol. The Balaban J connectivity index is 1.53. The van der Waals surface area contributed by atoms with Gasteiger partial charge in [-0.1, -0.05) is 42.1 Å². The molecule has 0 saturated heterocycles. The molecule has 8 heteroatoms. The highest BCUT2D eigenvalue weighted by atomic mass is 32.2. The van der Waals surface area contributed by atoms with Crippen LogP contribution >= 0.6 is 11.8 Å². The zero-order valence-electron chi connectivity index (χ0n) is 15.3. The molecule has 3 aromatic rings. The minimum atomic E-state index is -0.391. The van der Waals surface area contributed by atoms with Gasteiger partial charge in [-0.2, -0.15) is 0 Å². The van der Waals surface area contributed by atoms with Crippen LogP contribution in [0.5, 0.6) is 5.75 Å². The molecule has 28 heavy (non-hydrogen) atoms. The van der Waals surface area contributed by atoms with Crippen LogP contribution < -0.4 is 4.74 Å². The number of rotatable bonds is 6. The number of ether oxygens (including phenoxy) is 2. The fraction of sp³-hybridized carbons (Fsp3) is 0.250. The van der Waals surface area contributed by atoms with Gasteiger partial charge >= 0.3 is 0 Å². The summed E-state index contributed by atoms with van der Waals surface area (Å²) in [5.74, 6) is 1.19. The summed E-state index contributed by atoms with van der Waals surface area (Å²) in [5.41, 5.74) is 4.75. The van der Waals surface area contributed by atoms with Gasteiger partial charge in [0.15, 0.2) is 11.9 Å². The van der Waals surface area contributed by atoms with Gasteiger partial charge in [0.2, 0.25) is 0 Å². The molecule has 0 spiro atoms. The molecule has 1 aromatic heterocycles. The van der Waals surface area contributed by atoms with Crippen LogP contribution in [-0.4, -0.2) is 21.7 Å². The molecule has 0 atom stereocenters. The molecule has 0 saturated carbocycles. The number of aryl methyl sites for hydroxylation is 1. The lowest BCUT2D eigenvalue weighted by atomic mass is 10.1. The van der Waals surface area contributed by atoms with Gasteiger partial charge in [0, 0.05) is 41.1 Å². The third-order valence-corrected chi connectivity index (χ3v) is 5.45. The second kappa shape index (κ2) is 8.04. The summed E-state index contributed by atoms with van der Waals surface area (Å²) in [6.45, 7) is 2.48. The number of benzene rings is 2. The van der Waals surface area contributed by atoms with Gasteiger partial charge in [-0.05, 0) is 12.5 Å². The van der Waals surface area contributed by atoms with E-state index in [1.54, 1.807) is 6.07 Å². The van der Waals surface area contributed by atoms with E-state index in [1.807, 2.05) is 25.1 Å². The minimum Gasteiger partial charge on any atom is -0.467 e. The van der Waals surface area contributed by atoms with E-state index in [2.05, 4.69) is 17.1 Å². The van der Waals surface area contributed by atoms with Crippen LogP contribution in [0.2, 0.25) is 0 Å². The van der Waals surface area contributed by atoms with Gasteiger partial charge in [0.25, 0.3) is 5.69 Å². The number of hydrogen-bond donors (Lipinski definition) is 1. The highest BCUT2D eigenvalue weighted by Gasteiger charge is 2.21. The monoisotopic (exact) mass is 397 g/mol. The van der Waals surface area contributed by atoms with Crippen LogP contribution in [-0.2, 0) is 23.5 Å². The third-order valence-electron chi connectivity index (χ3n) is 4.53. The number of aromatic amines is 1. The van der Waals surface area contributed by atoms with Crippen molar-refractivity contribution in [2.45, 2.75) is 30.9 Å². The maximum atomic E-state index is 11.2. The predicted octanol–water partition coefficient (Wildman–Crippen LogP) is 4.38. The first kappa shape index (κ1) is 18.5. The SMILES string of the molecule is Cc1[nH]c(SCc2cc([N+](=O)[O-])cc3c2OCOC3)nc1Cc1ccccc1. The topological polar surface area (TPSA) is 90.3 Å². The van der Waals surface area contributed by atoms with Crippen LogP contribution in [0.15, 0.2) is 47.6 Å². The lowest BCUT2D eigenvalue weighted by molar-refractivity contribution is -0.385. The summed E-state index contributed by atoms with van der Waals surface area (Å²) in [7, 11) is 0. The fourth-order valence-electron chi connectivity index (χ4n) is 3.14. The molecule has 0 aliphatic carbocycles. The number of nitro benzene ring substituents is 1. The molecule has 144 valence electrons. The van der Waals surface area contributed by atoms with Crippen LogP contribution in [0.1, 0.15) is 28.1 Å². The van der Waals surface area contributed by atoms with E-state index in [0.29, 0.717) is 23.7 Å². The number of hydrogen-bond acceptors (Lipinski definition) is 6. The molecule has 1 N–H and O–H groups in total. The van der Waals surface area contributed by atoms with E-state index in [4.69, 9.17) is 14.5 Å². The normalized spacial score (nSPS) is 13.0. The summed E-state index contributed by atoms with van der Waals surface area (Å²) in [5, 5.41) is 12.0. The number of fused-ring (bicyclic) bond motifs is 1. The molecule has 2 heterocycles. The van der Waals surface area contributed by atoms with Crippen molar-refractivity contribution in [1.29, 1.82) is 0 Å². The van der Waals surface area contributed by atoms with Crippen molar-refractivity contribution in [2.24, 2.45) is 0 Å². The molecule has 1 aliphatic rings. The zero-order chi connectivity index (χ0) is 19.5. The molecule has 1 aliphatic heterocycles. The Hall–Kier alpha value is -2.84. The van der Waals surface area contributed by atoms with E-state index in [0.717, 1.165) is 28.5 Å². The molecule has 0 radical (unpaired) electrons. The number of nitro groups is 1. The Labute approximate surface area is 166 Å². The molecular formula is C20H19N3O4S. The lowest BCUT2D eigenvalue weighted by Crippen LogP contribution is -2.13. The second-order valence-electron chi connectivity index (χ2n) is 6.53. The van der Waals surface area contributed by atoms with Crippen molar-refractivity contribution >= 4 is 17.4 Å². The van der Waals surface area contributed by atoms with Crippen molar-refractivity contribution in [3.63, 3.8) is 0 Å². The number of non-ortho nitro benzene ring substituents is 1. The Morgan fingerprint density at radius 1 is 1.29 bits per heavy atom. The summed E-state index contributed by atoms with van der Waals surface area (Å²) in [6.07, 6.45) is 0.760. The van der Waals surface area contributed by atoms with Crippen molar-refractivity contribution in [3.05, 3.63) is 80.7 Å². The van der Waals surface area contributed by atoms with Crippen LogP contribution in [0.4, 0.5) is 5.69 Å². The fourth-order valence-corrected chi connectivity index (χ4v) is 4.04. The van der Waals surface area contributed by atoms with Gasteiger partial charge in [-0.15, -0.1) is 0 Å². The van der Waals surface area contributed by atoms with Gasteiger partial charge in [-0.3, -0.25) is 10.1 Å². The van der Waals surface area contributed by atoms with Gasteiger partial charge in [0.05, 0.1) is 17.2 Å². The molecule has 0 fully saturated rings. The molecule has 0 unspecified atom stereocenters. The first-order valence-corrected chi connectivity index (χ1v) is 9.81. The average molecular weight is 397 g/mol. The highest BCUT2D eigenvalue weighted by molar-refractivity contribution is 7.98. The number of imidazole rings is 1. The zero-order valence-corrected chi connectivity index (χ0v) is 16.1. The third kappa shape index (κ3) is 4.02. The second-order valence-corrected chi connectivity index (χ2v) is 7.49. The smallest absolute Gasteiger partial charge is 0.270 e. The van der Waals surface area contributed by atoms with Gasteiger partial charge < -0.3 is 14.5 Å². The molecule has 0 amide bonds. The van der Waals surface area contributed by atoms with Crippen LogP contribution in [0.25, 0.3) is 0 Å². The largest absolute Gasteiger partial charge is 0.467 e. The molecule has 0 bridgehead atoms. The summed E-state index contributed by atoms with van der Waals surface area (Å²) >= 11 is 1.50. The Morgan fingerprint density at radius 3 is 2.89 bits per heavy atom. The first-order valence-electron chi connectivity index (χ1n) is 8.83. The quantitative estimate of drug-likeness (QED) is 0.377. The van der Waals surface area contributed by atoms with Gasteiger partial charge in [0.1, 0.15) is 5.75 Å². The predicted molar refractivity (Wildman–Crippen MR) is 106 cm³/mol. The molecule has 2 aromatic carbocycles. The minimum absolute atomic E-state index is 0.0452. The van der Waals surface area contributed by atoms with E-state index >= 15 is 0 Å². The number of thioether (sulfide) groups is 1. The van der Waals surface area contributed by atoms with Crippen molar-refractivity contribution < 1.29 is 14.4 Å². The first-order chi connectivity index (χ1) is 13.6. The highest BCUT2D eigenvalue weighted by Crippen LogP contribution is 2.36. The van der Waals surface area contributed by atoms with E-state index in [-0.39, 0.29) is 12.5 Å². The number of nitrogens with one attached hydrogen (secondary N) is 1.